The Labute approximate surface area is 107 Å². The van der Waals surface area contributed by atoms with Crippen molar-refractivity contribution >= 4 is 5.69 Å². The van der Waals surface area contributed by atoms with E-state index in [-0.39, 0.29) is 0 Å². The Morgan fingerprint density at radius 2 is 2.06 bits per heavy atom. The summed E-state index contributed by atoms with van der Waals surface area (Å²) in [4.78, 5) is 8.34. The molecule has 18 heavy (non-hydrogen) atoms. The summed E-state index contributed by atoms with van der Waals surface area (Å²) in [7, 11) is 1.68. The normalized spacial score (nSPS) is 10.4. The molecule has 4 heteroatoms. The zero-order valence-corrected chi connectivity index (χ0v) is 10.9. The molecule has 0 saturated carbocycles. The first-order chi connectivity index (χ1) is 8.67. The van der Waals surface area contributed by atoms with Gasteiger partial charge in [-0.15, -0.1) is 0 Å². The average Bonchev–Trinajstić information content (AvgIpc) is 2.41. The van der Waals surface area contributed by atoms with E-state index in [1.165, 1.54) is 6.33 Å². The Hall–Kier alpha value is -2.10. The van der Waals surface area contributed by atoms with Crippen LogP contribution in [0.4, 0.5) is 5.69 Å². The third kappa shape index (κ3) is 2.14. The number of methoxy groups -OCH3 is 1. The lowest BCUT2D eigenvalue weighted by molar-refractivity contribution is 0.410. The van der Waals surface area contributed by atoms with Crippen LogP contribution in [0.3, 0.4) is 0 Å². The number of ether oxygens (including phenoxy) is 1. The Morgan fingerprint density at radius 1 is 1.28 bits per heavy atom. The SMILES string of the molecule is CCc1cc(-c2ncnc(C)c2N)ccc1OC. The average molecular weight is 243 g/mol. The van der Waals surface area contributed by atoms with Gasteiger partial charge in [0.2, 0.25) is 0 Å². The lowest BCUT2D eigenvalue weighted by Crippen LogP contribution is -1.99. The number of nitrogens with two attached hydrogens (primary N) is 1. The highest BCUT2D eigenvalue weighted by atomic mass is 16.5. The summed E-state index contributed by atoms with van der Waals surface area (Å²) >= 11 is 0. The van der Waals surface area contributed by atoms with Crippen molar-refractivity contribution in [2.45, 2.75) is 20.3 Å². The zero-order chi connectivity index (χ0) is 13.1. The number of benzene rings is 1. The Kier molecular flexibility index (Phi) is 3.46. The monoisotopic (exact) mass is 243 g/mol. The highest BCUT2D eigenvalue weighted by Gasteiger charge is 2.09. The first-order valence-electron chi connectivity index (χ1n) is 5.91. The Balaban J connectivity index is 2.54. The van der Waals surface area contributed by atoms with Gasteiger partial charge in [-0.05, 0) is 37.1 Å². The molecule has 0 aliphatic heterocycles. The van der Waals surface area contributed by atoms with Crippen LogP contribution in [0.2, 0.25) is 0 Å². The maximum atomic E-state index is 6.02. The van der Waals surface area contributed by atoms with Crippen molar-refractivity contribution in [3.05, 3.63) is 35.8 Å². The summed E-state index contributed by atoms with van der Waals surface area (Å²) in [5.74, 6) is 0.894. The van der Waals surface area contributed by atoms with Crippen molar-refractivity contribution in [3.8, 4) is 17.0 Å². The molecule has 0 spiro atoms. The molecular formula is C14H17N3O. The molecule has 1 aromatic heterocycles. The van der Waals surface area contributed by atoms with Gasteiger partial charge in [0.05, 0.1) is 24.2 Å². The fourth-order valence-corrected chi connectivity index (χ4v) is 1.92. The van der Waals surface area contributed by atoms with Crippen LogP contribution < -0.4 is 10.5 Å². The second-order valence-corrected chi connectivity index (χ2v) is 4.10. The molecule has 94 valence electrons. The van der Waals surface area contributed by atoms with Gasteiger partial charge >= 0.3 is 0 Å². The van der Waals surface area contributed by atoms with Crippen molar-refractivity contribution in [2.24, 2.45) is 0 Å². The molecule has 2 N–H and O–H groups in total. The van der Waals surface area contributed by atoms with E-state index in [0.29, 0.717) is 5.69 Å². The van der Waals surface area contributed by atoms with Crippen LogP contribution in [0, 0.1) is 6.92 Å². The highest BCUT2D eigenvalue weighted by molar-refractivity contribution is 5.74. The third-order valence-corrected chi connectivity index (χ3v) is 3.02. The molecule has 0 fully saturated rings. The summed E-state index contributed by atoms with van der Waals surface area (Å²) in [6.07, 6.45) is 2.44. The Morgan fingerprint density at radius 3 is 2.72 bits per heavy atom. The van der Waals surface area contributed by atoms with Crippen molar-refractivity contribution < 1.29 is 4.74 Å². The van der Waals surface area contributed by atoms with Crippen LogP contribution in [-0.2, 0) is 6.42 Å². The van der Waals surface area contributed by atoms with Gasteiger partial charge < -0.3 is 10.5 Å². The first kappa shape index (κ1) is 12.4. The van der Waals surface area contributed by atoms with Crippen LogP contribution >= 0.6 is 0 Å². The number of anilines is 1. The molecule has 0 bridgehead atoms. The summed E-state index contributed by atoms with van der Waals surface area (Å²) in [5.41, 5.74) is 10.4. The lowest BCUT2D eigenvalue weighted by Gasteiger charge is -2.11. The lowest BCUT2D eigenvalue weighted by atomic mass is 10.0. The molecule has 0 atom stereocenters. The molecule has 1 aromatic carbocycles. The number of hydrogen-bond donors (Lipinski definition) is 1. The number of nitrogens with zero attached hydrogens (tertiary/aromatic N) is 2. The van der Waals surface area contributed by atoms with E-state index < -0.39 is 0 Å². The van der Waals surface area contributed by atoms with Gasteiger partial charge in [0.15, 0.2) is 0 Å². The van der Waals surface area contributed by atoms with Crippen molar-refractivity contribution in [1.29, 1.82) is 0 Å². The number of aromatic nitrogens is 2. The minimum atomic E-state index is 0.629. The summed E-state index contributed by atoms with van der Waals surface area (Å²) < 4.78 is 5.32. The van der Waals surface area contributed by atoms with E-state index in [2.05, 4.69) is 23.0 Å². The van der Waals surface area contributed by atoms with Gasteiger partial charge in [-0.2, -0.15) is 0 Å². The van der Waals surface area contributed by atoms with E-state index in [0.717, 1.165) is 34.7 Å². The summed E-state index contributed by atoms with van der Waals surface area (Å²) in [5, 5.41) is 0. The van der Waals surface area contributed by atoms with E-state index in [1.807, 2.05) is 19.1 Å². The first-order valence-corrected chi connectivity index (χ1v) is 5.91. The van der Waals surface area contributed by atoms with Gasteiger partial charge in [-0.3, -0.25) is 0 Å². The molecule has 2 aromatic rings. The molecule has 0 amide bonds. The number of aryl methyl sites for hydroxylation is 2. The molecule has 0 radical (unpaired) electrons. The molecular weight excluding hydrogens is 226 g/mol. The van der Waals surface area contributed by atoms with E-state index in [4.69, 9.17) is 10.5 Å². The maximum absolute atomic E-state index is 6.02. The summed E-state index contributed by atoms with van der Waals surface area (Å²) in [6.45, 7) is 3.97. The smallest absolute Gasteiger partial charge is 0.122 e. The zero-order valence-electron chi connectivity index (χ0n) is 10.9. The molecule has 0 aliphatic carbocycles. The predicted octanol–water partition coefficient (Wildman–Crippen LogP) is 2.61. The van der Waals surface area contributed by atoms with Gasteiger partial charge in [0, 0.05) is 5.56 Å². The second-order valence-electron chi connectivity index (χ2n) is 4.10. The minimum absolute atomic E-state index is 0.629. The van der Waals surface area contributed by atoms with E-state index >= 15 is 0 Å². The third-order valence-electron chi connectivity index (χ3n) is 3.02. The topological polar surface area (TPSA) is 61.0 Å². The number of nitrogen functional groups attached to an aromatic ring is 1. The van der Waals surface area contributed by atoms with Crippen LogP contribution in [0.5, 0.6) is 5.75 Å². The standard InChI is InChI=1S/C14H17N3O/c1-4-10-7-11(5-6-12(10)18-3)14-13(15)9(2)16-8-17-14/h5-8H,4,15H2,1-3H3. The van der Waals surface area contributed by atoms with Gasteiger partial charge in [0.1, 0.15) is 12.1 Å². The molecule has 4 nitrogen and oxygen atoms in total. The van der Waals surface area contributed by atoms with Gasteiger partial charge in [-0.1, -0.05) is 6.92 Å². The highest BCUT2D eigenvalue weighted by Crippen LogP contribution is 2.29. The van der Waals surface area contributed by atoms with Crippen molar-refractivity contribution in [1.82, 2.24) is 9.97 Å². The fraction of sp³-hybridized carbons (Fsp3) is 0.286. The molecule has 1 heterocycles. The van der Waals surface area contributed by atoms with E-state index in [1.54, 1.807) is 7.11 Å². The van der Waals surface area contributed by atoms with Crippen LogP contribution in [0.1, 0.15) is 18.2 Å². The van der Waals surface area contributed by atoms with Crippen LogP contribution in [-0.4, -0.2) is 17.1 Å². The Bertz CT molecular complexity index is 567. The quantitative estimate of drug-likeness (QED) is 0.900. The predicted molar refractivity (Wildman–Crippen MR) is 72.5 cm³/mol. The molecule has 0 aliphatic rings. The fourth-order valence-electron chi connectivity index (χ4n) is 1.92. The number of rotatable bonds is 3. The van der Waals surface area contributed by atoms with Crippen LogP contribution in [0.15, 0.2) is 24.5 Å². The van der Waals surface area contributed by atoms with Gasteiger partial charge in [-0.25, -0.2) is 9.97 Å². The summed E-state index contributed by atoms with van der Waals surface area (Å²) in [6, 6.07) is 5.98. The molecule has 0 saturated heterocycles. The van der Waals surface area contributed by atoms with Crippen LogP contribution in [0.25, 0.3) is 11.3 Å². The molecule has 0 unspecified atom stereocenters. The van der Waals surface area contributed by atoms with Gasteiger partial charge in [0.25, 0.3) is 0 Å². The second kappa shape index (κ2) is 5.04. The molecule has 2 rings (SSSR count). The maximum Gasteiger partial charge on any atom is 0.122 e. The minimum Gasteiger partial charge on any atom is -0.496 e. The largest absolute Gasteiger partial charge is 0.496 e. The van der Waals surface area contributed by atoms with Crippen molar-refractivity contribution in [3.63, 3.8) is 0 Å². The van der Waals surface area contributed by atoms with Crippen molar-refractivity contribution in [2.75, 3.05) is 12.8 Å². The van der Waals surface area contributed by atoms with E-state index in [9.17, 15) is 0 Å². The number of hydrogen-bond acceptors (Lipinski definition) is 4.